The number of nitrogens with one attached hydrogen (secondary N) is 1. The summed E-state index contributed by atoms with van der Waals surface area (Å²) in [6.07, 6.45) is -1.66. The molecule has 0 amide bonds. The second-order valence-corrected chi connectivity index (χ2v) is 4.30. The average Bonchev–Trinajstić information content (AvgIpc) is 2.57. The number of ether oxygens (including phenoxy) is 1. The Kier molecular flexibility index (Phi) is 3.75. The van der Waals surface area contributed by atoms with Crippen LogP contribution in [-0.2, 0) is 16.1 Å². The Hall–Kier alpha value is -1.63. The molecule has 104 valence electrons. The number of carbonyl (C=O) groups excluding carboxylic acids is 1. The first-order chi connectivity index (χ1) is 8.88. The van der Waals surface area contributed by atoms with Gasteiger partial charge in [0.05, 0.1) is 6.42 Å². The van der Waals surface area contributed by atoms with Crippen molar-refractivity contribution >= 4 is 5.97 Å². The molecule has 1 unspecified atom stereocenters. The Morgan fingerprint density at radius 3 is 2.74 bits per heavy atom. The molecule has 1 saturated heterocycles. The molecular formula is C12H11F4NO2. The Bertz CT molecular complexity index is 493. The van der Waals surface area contributed by atoms with E-state index in [9.17, 15) is 22.4 Å². The van der Waals surface area contributed by atoms with Crippen LogP contribution in [0.5, 0.6) is 0 Å². The molecule has 1 atom stereocenters. The summed E-state index contributed by atoms with van der Waals surface area (Å²) in [5.41, 5.74) is 0.0797. The average molecular weight is 277 g/mol. The van der Waals surface area contributed by atoms with Crippen molar-refractivity contribution in [1.82, 2.24) is 5.32 Å². The van der Waals surface area contributed by atoms with Crippen LogP contribution in [-0.4, -0.2) is 24.5 Å². The molecule has 7 heteroatoms. The van der Waals surface area contributed by atoms with Gasteiger partial charge >= 0.3 is 11.9 Å². The summed E-state index contributed by atoms with van der Waals surface area (Å²) < 4.78 is 56.2. The number of benzene rings is 1. The van der Waals surface area contributed by atoms with Gasteiger partial charge in [-0.2, -0.15) is 8.78 Å². The highest BCUT2D eigenvalue weighted by Gasteiger charge is 2.50. The summed E-state index contributed by atoms with van der Waals surface area (Å²) in [7, 11) is 0. The first kappa shape index (κ1) is 13.8. The molecule has 1 heterocycles. The van der Waals surface area contributed by atoms with Crippen molar-refractivity contribution in [2.75, 3.05) is 6.54 Å². The summed E-state index contributed by atoms with van der Waals surface area (Å²) in [5, 5.41) is 2.65. The third-order valence-electron chi connectivity index (χ3n) is 2.75. The summed E-state index contributed by atoms with van der Waals surface area (Å²) in [5.74, 6) is -6.19. The van der Waals surface area contributed by atoms with Crippen LogP contribution < -0.4 is 5.32 Å². The van der Waals surface area contributed by atoms with E-state index in [1.165, 1.54) is 0 Å². The lowest BCUT2D eigenvalue weighted by atomic mass is 10.2. The Labute approximate surface area is 106 Å². The summed E-state index contributed by atoms with van der Waals surface area (Å²) in [6.45, 7) is -0.0828. The number of cyclic esters (lactones) is 1. The number of alkyl halides is 2. The summed E-state index contributed by atoms with van der Waals surface area (Å²) in [4.78, 5) is 10.7. The zero-order valence-corrected chi connectivity index (χ0v) is 9.76. The van der Waals surface area contributed by atoms with Crippen molar-refractivity contribution in [3.63, 3.8) is 0 Å². The summed E-state index contributed by atoms with van der Waals surface area (Å²) in [6, 6.07) is 2.98. The molecule has 1 fully saturated rings. The fraction of sp³-hybridized carbons (Fsp3) is 0.417. The van der Waals surface area contributed by atoms with E-state index in [0.717, 1.165) is 18.2 Å². The zero-order valence-electron chi connectivity index (χ0n) is 9.76. The molecule has 1 aromatic carbocycles. The van der Waals surface area contributed by atoms with Gasteiger partial charge in [0.25, 0.3) is 0 Å². The zero-order chi connectivity index (χ0) is 14.0. The third-order valence-corrected chi connectivity index (χ3v) is 2.75. The van der Waals surface area contributed by atoms with Gasteiger partial charge in [-0.25, -0.2) is 13.6 Å². The largest absolute Gasteiger partial charge is 0.456 e. The molecule has 1 aromatic rings. The van der Waals surface area contributed by atoms with Gasteiger partial charge in [0.2, 0.25) is 0 Å². The molecule has 0 saturated carbocycles. The van der Waals surface area contributed by atoms with Crippen LogP contribution in [0.4, 0.5) is 17.6 Å². The normalized spacial score (nSPS) is 21.5. The van der Waals surface area contributed by atoms with Crippen LogP contribution in [0, 0.1) is 11.6 Å². The van der Waals surface area contributed by atoms with Crippen LogP contribution in [0.2, 0.25) is 0 Å². The van der Waals surface area contributed by atoms with Crippen LogP contribution in [0.25, 0.3) is 0 Å². The maximum atomic E-state index is 13.2. The summed E-state index contributed by atoms with van der Waals surface area (Å²) >= 11 is 0. The second kappa shape index (κ2) is 5.16. The van der Waals surface area contributed by atoms with Gasteiger partial charge in [-0.15, -0.1) is 0 Å². The van der Waals surface area contributed by atoms with Crippen molar-refractivity contribution in [3.05, 3.63) is 35.4 Å². The van der Waals surface area contributed by atoms with Crippen molar-refractivity contribution < 1.29 is 27.1 Å². The van der Waals surface area contributed by atoms with Crippen molar-refractivity contribution in [1.29, 1.82) is 0 Å². The lowest BCUT2D eigenvalue weighted by Crippen LogP contribution is -2.27. The first-order valence-electron chi connectivity index (χ1n) is 5.62. The lowest BCUT2D eigenvalue weighted by Gasteiger charge is -2.10. The predicted octanol–water partition coefficient (Wildman–Crippen LogP) is 2.01. The van der Waals surface area contributed by atoms with Gasteiger partial charge in [-0.3, -0.25) is 0 Å². The van der Waals surface area contributed by atoms with E-state index >= 15 is 0 Å². The molecular weight excluding hydrogens is 266 g/mol. The maximum absolute atomic E-state index is 13.2. The third kappa shape index (κ3) is 3.23. The predicted molar refractivity (Wildman–Crippen MR) is 57.5 cm³/mol. The highest BCUT2D eigenvalue weighted by atomic mass is 19.3. The number of esters is 1. The van der Waals surface area contributed by atoms with Crippen molar-refractivity contribution in [2.24, 2.45) is 0 Å². The van der Waals surface area contributed by atoms with Crippen LogP contribution in [0.3, 0.4) is 0 Å². The smallest absolute Gasteiger partial charge is 0.377 e. The van der Waals surface area contributed by atoms with E-state index in [4.69, 9.17) is 0 Å². The molecule has 19 heavy (non-hydrogen) atoms. The van der Waals surface area contributed by atoms with Crippen LogP contribution >= 0.6 is 0 Å². The topological polar surface area (TPSA) is 38.3 Å². The van der Waals surface area contributed by atoms with Gasteiger partial charge < -0.3 is 10.1 Å². The minimum Gasteiger partial charge on any atom is -0.456 e. The molecule has 0 spiro atoms. The SMILES string of the molecule is O=C1OC(CNCc2cc(F)ccc2F)CC1(F)F. The number of hydrogen-bond donors (Lipinski definition) is 1. The van der Waals surface area contributed by atoms with E-state index in [1.807, 2.05) is 0 Å². The standard InChI is InChI=1S/C12H11F4NO2/c13-8-1-2-10(14)7(3-8)5-17-6-9-4-12(15,16)11(18)19-9/h1-3,9,17H,4-6H2. The minimum absolute atomic E-state index is 0.0385. The fourth-order valence-electron chi connectivity index (χ4n) is 1.81. The van der Waals surface area contributed by atoms with Gasteiger partial charge in [0.1, 0.15) is 17.7 Å². The number of rotatable bonds is 4. The van der Waals surface area contributed by atoms with E-state index < -0.39 is 36.1 Å². The number of carbonyl (C=O) groups is 1. The number of hydrogen-bond acceptors (Lipinski definition) is 3. The molecule has 1 N–H and O–H groups in total. The van der Waals surface area contributed by atoms with Crippen LogP contribution in [0.15, 0.2) is 18.2 Å². The first-order valence-corrected chi connectivity index (χ1v) is 5.62. The van der Waals surface area contributed by atoms with Gasteiger partial charge in [0, 0.05) is 18.7 Å². The van der Waals surface area contributed by atoms with Crippen molar-refractivity contribution in [2.45, 2.75) is 25.0 Å². The second-order valence-electron chi connectivity index (χ2n) is 4.30. The molecule has 0 bridgehead atoms. The van der Waals surface area contributed by atoms with Gasteiger partial charge in [-0.05, 0) is 18.2 Å². The van der Waals surface area contributed by atoms with E-state index in [2.05, 4.69) is 10.1 Å². The Morgan fingerprint density at radius 2 is 2.11 bits per heavy atom. The van der Waals surface area contributed by atoms with E-state index in [0.29, 0.717) is 0 Å². The molecule has 2 rings (SSSR count). The van der Waals surface area contributed by atoms with E-state index in [-0.39, 0.29) is 18.7 Å². The fourth-order valence-corrected chi connectivity index (χ4v) is 1.81. The van der Waals surface area contributed by atoms with Crippen LogP contribution in [0.1, 0.15) is 12.0 Å². The molecule has 0 aromatic heterocycles. The molecule has 0 aliphatic carbocycles. The Morgan fingerprint density at radius 1 is 1.37 bits per heavy atom. The lowest BCUT2D eigenvalue weighted by molar-refractivity contribution is -0.159. The highest BCUT2D eigenvalue weighted by Crippen LogP contribution is 2.30. The van der Waals surface area contributed by atoms with Gasteiger partial charge in [0.15, 0.2) is 0 Å². The monoisotopic (exact) mass is 277 g/mol. The quantitative estimate of drug-likeness (QED) is 0.676. The molecule has 1 aliphatic heterocycles. The van der Waals surface area contributed by atoms with E-state index in [1.54, 1.807) is 0 Å². The highest BCUT2D eigenvalue weighted by molar-refractivity contribution is 5.79. The minimum atomic E-state index is -3.46. The van der Waals surface area contributed by atoms with Crippen molar-refractivity contribution in [3.8, 4) is 0 Å². The Balaban J connectivity index is 1.85. The van der Waals surface area contributed by atoms with Gasteiger partial charge in [-0.1, -0.05) is 0 Å². The molecule has 0 radical (unpaired) electrons. The maximum Gasteiger partial charge on any atom is 0.377 e. The molecule has 1 aliphatic rings. The molecule has 3 nitrogen and oxygen atoms in total. The number of halogens is 4.